The van der Waals surface area contributed by atoms with Crippen LogP contribution in [0.15, 0.2) is 22.5 Å². The molecule has 0 amide bonds. The van der Waals surface area contributed by atoms with Gasteiger partial charge in [-0.1, -0.05) is 6.07 Å². The lowest BCUT2D eigenvalue weighted by Crippen LogP contribution is -2.46. The molecule has 11 heteroatoms. The number of guanidine groups is 1. The van der Waals surface area contributed by atoms with Crippen LogP contribution in [0.25, 0.3) is 0 Å². The summed E-state index contributed by atoms with van der Waals surface area (Å²) in [6.07, 6.45) is 3.91. The van der Waals surface area contributed by atoms with Crippen molar-refractivity contribution in [3.63, 3.8) is 0 Å². The molecule has 3 rings (SSSR count). The standard InChI is InChI=1S/C18H29N7O2S2/c1-14-22-23-17(24(14)2)13-21-18(19-9-8-16-7-5-11-28-16)20-12-15-6-4-10-25(15)29(3,26)27/h5,7,11,15H,4,6,8-10,12-13H2,1-3H3,(H2,19,20,21)/t15-/m1/s1. The van der Waals surface area contributed by atoms with E-state index in [0.717, 1.165) is 37.5 Å². The van der Waals surface area contributed by atoms with E-state index in [1.165, 1.54) is 11.1 Å². The van der Waals surface area contributed by atoms with Crippen molar-refractivity contribution in [1.29, 1.82) is 0 Å². The van der Waals surface area contributed by atoms with Crippen molar-refractivity contribution in [2.75, 3.05) is 25.9 Å². The molecule has 160 valence electrons. The van der Waals surface area contributed by atoms with E-state index in [-0.39, 0.29) is 6.04 Å². The second kappa shape index (κ2) is 9.68. The van der Waals surface area contributed by atoms with Gasteiger partial charge >= 0.3 is 0 Å². The Bertz CT molecular complexity index is 922. The first-order valence-corrected chi connectivity index (χ1v) is 12.4. The maximum Gasteiger partial charge on any atom is 0.211 e. The lowest BCUT2D eigenvalue weighted by Gasteiger charge is -2.23. The van der Waals surface area contributed by atoms with Crippen molar-refractivity contribution in [2.24, 2.45) is 12.0 Å². The van der Waals surface area contributed by atoms with Gasteiger partial charge in [0.25, 0.3) is 0 Å². The number of hydrogen-bond acceptors (Lipinski definition) is 6. The first-order valence-electron chi connectivity index (χ1n) is 9.71. The largest absolute Gasteiger partial charge is 0.356 e. The molecule has 0 unspecified atom stereocenters. The van der Waals surface area contributed by atoms with Crippen LogP contribution in [0.4, 0.5) is 0 Å². The molecule has 1 atom stereocenters. The van der Waals surface area contributed by atoms with Gasteiger partial charge in [-0.2, -0.15) is 4.31 Å². The van der Waals surface area contributed by atoms with E-state index in [9.17, 15) is 8.42 Å². The smallest absolute Gasteiger partial charge is 0.211 e. The Morgan fingerprint density at radius 2 is 2.21 bits per heavy atom. The zero-order valence-corrected chi connectivity index (χ0v) is 18.8. The number of rotatable bonds is 8. The van der Waals surface area contributed by atoms with Gasteiger partial charge in [-0.05, 0) is 37.6 Å². The Balaban J connectivity index is 1.62. The normalized spacial score (nSPS) is 18.3. The van der Waals surface area contributed by atoms with E-state index in [1.807, 2.05) is 24.6 Å². The fourth-order valence-corrected chi connectivity index (χ4v) is 5.23. The second-order valence-electron chi connectivity index (χ2n) is 7.19. The van der Waals surface area contributed by atoms with Crippen molar-refractivity contribution in [3.05, 3.63) is 34.0 Å². The number of aliphatic imine (C=N–C) groups is 1. The van der Waals surface area contributed by atoms with E-state index in [4.69, 9.17) is 0 Å². The summed E-state index contributed by atoms with van der Waals surface area (Å²) in [6, 6.07) is 4.11. The maximum absolute atomic E-state index is 12.0. The van der Waals surface area contributed by atoms with Crippen LogP contribution in [0.3, 0.4) is 0 Å². The van der Waals surface area contributed by atoms with E-state index in [2.05, 4.69) is 37.3 Å². The topological polar surface area (TPSA) is 105 Å². The highest BCUT2D eigenvalue weighted by Gasteiger charge is 2.31. The first-order chi connectivity index (χ1) is 13.8. The molecule has 2 aromatic heterocycles. The number of nitrogens with one attached hydrogen (secondary N) is 2. The summed E-state index contributed by atoms with van der Waals surface area (Å²) in [5.41, 5.74) is 0. The molecule has 2 N–H and O–H groups in total. The monoisotopic (exact) mass is 439 g/mol. The predicted molar refractivity (Wildman–Crippen MR) is 115 cm³/mol. The Hall–Kier alpha value is -1.98. The van der Waals surface area contributed by atoms with Crippen LogP contribution in [-0.4, -0.2) is 65.4 Å². The van der Waals surface area contributed by atoms with E-state index < -0.39 is 10.0 Å². The zero-order valence-electron chi connectivity index (χ0n) is 17.1. The quantitative estimate of drug-likeness (QED) is 0.468. The van der Waals surface area contributed by atoms with Crippen LogP contribution >= 0.6 is 11.3 Å². The number of hydrogen-bond donors (Lipinski definition) is 2. The number of nitrogens with zero attached hydrogens (tertiary/aromatic N) is 5. The predicted octanol–water partition coefficient (Wildman–Crippen LogP) is 0.887. The summed E-state index contributed by atoms with van der Waals surface area (Å²) in [5.74, 6) is 2.27. The molecule has 0 aliphatic carbocycles. The fraction of sp³-hybridized carbons (Fsp3) is 0.611. The molecular formula is C18H29N7O2S2. The Morgan fingerprint density at radius 3 is 2.86 bits per heavy atom. The Morgan fingerprint density at radius 1 is 1.38 bits per heavy atom. The Labute approximate surface area is 176 Å². The van der Waals surface area contributed by atoms with Crippen molar-refractivity contribution in [2.45, 2.75) is 38.8 Å². The summed E-state index contributed by atoms with van der Waals surface area (Å²) in [5, 5.41) is 17.0. The SMILES string of the molecule is Cc1nnc(CN=C(NCCc2cccs2)NC[C@H]2CCCN2S(C)(=O)=O)n1C. The average Bonchev–Trinajstić information content (AvgIpc) is 3.40. The molecule has 0 bridgehead atoms. The molecule has 0 spiro atoms. The molecule has 9 nitrogen and oxygen atoms in total. The minimum Gasteiger partial charge on any atom is -0.356 e. The molecule has 1 aliphatic heterocycles. The Kier molecular flexibility index (Phi) is 7.25. The lowest BCUT2D eigenvalue weighted by atomic mass is 10.2. The van der Waals surface area contributed by atoms with Gasteiger partial charge < -0.3 is 15.2 Å². The molecule has 1 fully saturated rings. The molecule has 0 saturated carbocycles. The summed E-state index contributed by atoms with van der Waals surface area (Å²) >= 11 is 1.73. The molecule has 3 heterocycles. The van der Waals surface area contributed by atoms with Gasteiger partial charge in [0.1, 0.15) is 12.4 Å². The van der Waals surface area contributed by atoms with Crippen LogP contribution in [0, 0.1) is 6.92 Å². The summed E-state index contributed by atoms with van der Waals surface area (Å²) in [6.45, 7) is 4.15. The van der Waals surface area contributed by atoms with Gasteiger partial charge in [0.2, 0.25) is 10.0 Å². The van der Waals surface area contributed by atoms with Crippen molar-refractivity contribution in [1.82, 2.24) is 29.7 Å². The minimum absolute atomic E-state index is 0.0497. The second-order valence-corrected chi connectivity index (χ2v) is 10.2. The summed E-state index contributed by atoms with van der Waals surface area (Å²) in [7, 11) is -1.27. The van der Waals surface area contributed by atoms with Gasteiger partial charge in [0, 0.05) is 37.6 Å². The fourth-order valence-electron chi connectivity index (χ4n) is 3.34. The zero-order chi connectivity index (χ0) is 20.9. The maximum atomic E-state index is 12.0. The third kappa shape index (κ3) is 6.00. The highest BCUT2D eigenvalue weighted by atomic mass is 32.2. The first kappa shape index (κ1) is 21.7. The molecule has 2 aromatic rings. The summed E-state index contributed by atoms with van der Waals surface area (Å²) < 4.78 is 27.4. The highest BCUT2D eigenvalue weighted by molar-refractivity contribution is 7.88. The number of sulfonamides is 1. The van der Waals surface area contributed by atoms with Gasteiger partial charge in [-0.3, -0.25) is 0 Å². The molecule has 0 radical (unpaired) electrons. The van der Waals surface area contributed by atoms with E-state index in [1.54, 1.807) is 15.6 Å². The van der Waals surface area contributed by atoms with Gasteiger partial charge in [-0.15, -0.1) is 21.5 Å². The number of aromatic nitrogens is 3. The molecular weight excluding hydrogens is 410 g/mol. The lowest BCUT2D eigenvalue weighted by molar-refractivity contribution is 0.387. The molecule has 1 saturated heterocycles. The average molecular weight is 440 g/mol. The molecule has 1 aliphatic rings. The van der Waals surface area contributed by atoms with Crippen LogP contribution in [0.2, 0.25) is 0 Å². The third-order valence-corrected chi connectivity index (χ3v) is 7.33. The van der Waals surface area contributed by atoms with Gasteiger partial charge in [0.15, 0.2) is 11.8 Å². The molecule has 29 heavy (non-hydrogen) atoms. The summed E-state index contributed by atoms with van der Waals surface area (Å²) in [4.78, 5) is 5.95. The van der Waals surface area contributed by atoms with Crippen LogP contribution in [0.1, 0.15) is 29.4 Å². The number of thiophene rings is 1. The van der Waals surface area contributed by atoms with Crippen molar-refractivity contribution >= 4 is 27.3 Å². The van der Waals surface area contributed by atoms with Crippen molar-refractivity contribution in [3.8, 4) is 0 Å². The van der Waals surface area contributed by atoms with E-state index in [0.29, 0.717) is 25.6 Å². The van der Waals surface area contributed by atoms with Crippen LogP contribution in [0.5, 0.6) is 0 Å². The van der Waals surface area contributed by atoms with Crippen molar-refractivity contribution < 1.29 is 8.42 Å². The van der Waals surface area contributed by atoms with Crippen LogP contribution in [-0.2, 0) is 30.0 Å². The molecule has 0 aromatic carbocycles. The minimum atomic E-state index is -3.19. The highest BCUT2D eigenvalue weighted by Crippen LogP contribution is 2.19. The third-order valence-electron chi connectivity index (χ3n) is 5.06. The number of aryl methyl sites for hydroxylation is 1. The van der Waals surface area contributed by atoms with E-state index >= 15 is 0 Å². The van der Waals surface area contributed by atoms with Crippen LogP contribution < -0.4 is 10.6 Å². The van der Waals surface area contributed by atoms with Gasteiger partial charge in [-0.25, -0.2) is 13.4 Å². The van der Waals surface area contributed by atoms with Gasteiger partial charge in [0.05, 0.1) is 6.26 Å².